The number of nitrogens with one attached hydrogen (secondary N) is 2. The molecule has 0 aliphatic heterocycles. The maximum absolute atomic E-state index is 12.8. The van der Waals surface area contributed by atoms with Gasteiger partial charge in [-0.05, 0) is 42.0 Å². The summed E-state index contributed by atoms with van der Waals surface area (Å²) in [4.78, 5) is 12.2. The van der Waals surface area contributed by atoms with Crippen molar-refractivity contribution in [1.29, 1.82) is 0 Å². The van der Waals surface area contributed by atoms with Crippen LogP contribution in [0.5, 0.6) is 5.75 Å². The first-order chi connectivity index (χ1) is 12.8. The molecule has 0 fully saturated rings. The molecule has 0 saturated carbocycles. The molecule has 2 aromatic carbocycles. The molecule has 1 unspecified atom stereocenters. The molecule has 9 heteroatoms. The number of benzene rings is 2. The predicted octanol–water partition coefficient (Wildman–Crippen LogP) is 4.04. The SMILES string of the molecule is COc1ccc2c(c1)C(NC(F)(F)F)C/C2=N/NC(=O)c1cccc(Cl)c1. The van der Waals surface area contributed by atoms with E-state index in [1.54, 1.807) is 35.6 Å². The lowest BCUT2D eigenvalue weighted by atomic mass is 10.1. The number of hydrazone groups is 1. The topological polar surface area (TPSA) is 62.7 Å². The molecule has 1 aliphatic rings. The highest BCUT2D eigenvalue weighted by Crippen LogP contribution is 2.36. The number of nitrogens with zero attached hydrogens (tertiary/aromatic N) is 1. The van der Waals surface area contributed by atoms with Crippen LogP contribution in [-0.2, 0) is 0 Å². The molecule has 0 saturated heterocycles. The van der Waals surface area contributed by atoms with E-state index in [1.165, 1.54) is 19.2 Å². The number of carbonyl (C=O) groups is 1. The quantitative estimate of drug-likeness (QED) is 0.604. The summed E-state index contributed by atoms with van der Waals surface area (Å²) in [6.07, 6.45) is -4.58. The number of methoxy groups -OCH3 is 1. The van der Waals surface area contributed by atoms with Gasteiger partial charge in [0, 0.05) is 28.6 Å². The molecule has 27 heavy (non-hydrogen) atoms. The molecule has 0 spiro atoms. The van der Waals surface area contributed by atoms with E-state index in [2.05, 4.69) is 10.5 Å². The fraction of sp³-hybridized carbons (Fsp3) is 0.222. The predicted molar refractivity (Wildman–Crippen MR) is 95.0 cm³/mol. The minimum Gasteiger partial charge on any atom is -0.497 e. The van der Waals surface area contributed by atoms with Gasteiger partial charge in [-0.15, -0.1) is 0 Å². The molecule has 2 aromatic rings. The minimum absolute atomic E-state index is 0.0299. The van der Waals surface area contributed by atoms with E-state index < -0.39 is 18.2 Å². The first-order valence-electron chi connectivity index (χ1n) is 7.92. The first kappa shape index (κ1) is 19.2. The molecular weight excluding hydrogens is 383 g/mol. The Morgan fingerprint density at radius 1 is 1.26 bits per heavy atom. The van der Waals surface area contributed by atoms with Gasteiger partial charge < -0.3 is 4.74 Å². The van der Waals surface area contributed by atoms with Gasteiger partial charge in [-0.2, -0.15) is 18.3 Å². The summed E-state index contributed by atoms with van der Waals surface area (Å²) in [5, 5.41) is 6.04. The van der Waals surface area contributed by atoms with Crippen LogP contribution in [-0.4, -0.2) is 25.0 Å². The molecule has 0 heterocycles. The highest BCUT2D eigenvalue weighted by atomic mass is 35.5. The van der Waals surface area contributed by atoms with Crippen LogP contribution in [0.25, 0.3) is 0 Å². The van der Waals surface area contributed by atoms with Crippen LogP contribution < -0.4 is 15.5 Å². The average molecular weight is 398 g/mol. The van der Waals surface area contributed by atoms with Crippen molar-refractivity contribution >= 4 is 23.2 Å². The summed E-state index contributed by atoms with van der Waals surface area (Å²) >= 11 is 5.85. The van der Waals surface area contributed by atoms with Crippen molar-refractivity contribution < 1.29 is 22.7 Å². The number of amides is 1. The highest BCUT2D eigenvalue weighted by Gasteiger charge is 2.37. The number of fused-ring (bicyclic) bond motifs is 1. The van der Waals surface area contributed by atoms with Crippen LogP contribution >= 0.6 is 11.6 Å². The largest absolute Gasteiger partial charge is 0.497 e. The molecule has 5 nitrogen and oxygen atoms in total. The van der Waals surface area contributed by atoms with Gasteiger partial charge in [0.2, 0.25) is 0 Å². The van der Waals surface area contributed by atoms with E-state index in [0.29, 0.717) is 33.2 Å². The number of halogens is 4. The molecule has 1 aliphatic carbocycles. The number of alkyl halides is 3. The van der Waals surface area contributed by atoms with Crippen molar-refractivity contribution in [3.05, 3.63) is 64.2 Å². The summed E-state index contributed by atoms with van der Waals surface area (Å²) < 4.78 is 43.5. The van der Waals surface area contributed by atoms with Gasteiger partial charge in [0.25, 0.3) is 5.91 Å². The van der Waals surface area contributed by atoms with Gasteiger partial charge in [-0.25, -0.2) is 10.7 Å². The monoisotopic (exact) mass is 397 g/mol. The minimum atomic E-state index is -4.55. The fourth-order valence-corrected chi connectivity index (χ4v) is 3.07. The van der Waals surface area contributed by atoms with Crippen LogP contribution in [0.4, 0.5) is 13.2 Å². The van der Waals surface area contributed by atoms with Crippen LogP contribution in [0.3, 0.4) is 0 Å². The summed E-state index contributed by atoms with van der Waals surface area (Å²) in [6.45, 7) is 0. The Morgan fingerprint density at radius 3 is 2.70 bits per heavy atom. The van der Waals surface area contributed by atoms with Gasteiger partial charge >= 0.3 is 6.30 Å². The molecule has 0 radical (unpaired) electrons. The highest BCUT2D eigenvalue weighted by molar-refractivity contribution is 6.31. The summed E-state index contributed by atoms with van der Waals surface area (Å²) in [5.41, 5.74) is 3.93. The third-order valence-corrected chi connectivity index (χ3v) is 4.29. The number of rotatable bonds is 4. The van der Waals surface area contributed by atoms with Crippen LogP contribution in [0.15, 0.2) is 47.6 Å². The van der Waals surface area contributed by atoms with Crippen molar-refractivity contribution in [2.45, 2.75) is 18.8 Å². The second-order valence-electron chi connectivity index (χ2n) is 5.86. The summed E-state index contributed by atoms with van der Waals surface area (Å²) in [5.74, 6) is -0.0702. The van der Waals surface area contributed by atoms with Gasteiger partial charge in [0.1, 0.15) is 5.75 Å². The fourth-order valence-electron chi connectivity index (χ4n) is 2.88. The average Bonchev–Trinajstić information content (AvgIpc) is 2.94. The zero-order valence-corrected chi connectivity index (χ0v) is 14.9. The number of hydrogen-bond acceptors (Lipinski definition) is 4. The lowest BCUT2D eigenvalue weighted by molar-refractivity contribution is -0.164. The maximum atomic E-state index is 12.8. The Balaban J connectivity index is 1.86. The van der Waals surface area contributed by atoms with Gasteiger partial charge in [0.05, 0.1) is 12.8 Å². The number of hydrogen-bond donors (Lipinski definition) is 2. The lowest BCUT2D eigenvalue weighted by Gasteiger charge is -2.16. The lowest BCUT2D eigenvalue weighted by Crippen LogP contribution is -2.34. The van der Waals surface area contributed by atoms with E-state index in [4.69, 9.17) is 16.3 Å². The normalized spacial score (nSPS) is 17.7. The van der Waals surface area contributed by atoms with Crippen molar-refractivity contribution in [2.75, 3.05) is 7.11 Å². The second kappa shape index (κ2) is 7.58. The number of ether oxygens (including phenoxy) is 1. The smallest absolute Gasteiger partial charge is 0.457 e. The molecule has 0 bridgehead atoms. The summed E-state index contributed by atoms with van der Waals surface area (Å²) in [7, 11) is 1.43. The third-order valence-electron chi connectivity index (χ3n) is 4.06. The Bertz CT molecular complexity index is 900. The van der Waals surface area contributed by atoms with E-state index in [0.717, 1.165) is 0 Å². The van der Waals surface area contributed by atoms with Crippen LogP contribution in [0.2, 0.25) is 5.02 Å². The molecule has 2 N–H and O–H groups in total. The van der Waals surface area contributed by atoms with Crippen molar-refractivity contribution in [2.24, 2.45) is 5.10 Å². The molecule has 142 valence electrons. The molecular formula is C18H15ClF3N3O2. The second-order valence-corrected chi connectivity index (χ2v) is 6.30. The molecule has 0 aromatic heterocycles. The van der Waals surface area contributed by atoms with Crippen molar-refractivity contribution in [1.82, 2.24) is 10.7 Å². The van der Waals surface area contributed by atoms with Crippen molar-refractivity contribution in [3.63, 3.8) is 0 Å². The van der Waals surface area contributed by atoms with Gasteiger partial charge in [-0.1, -0.05) is 17.7 Å². The summed E-state index contributed by atoms with van der Waals surface area (Å²) in [6, 6.07) is 10.0. The van der Waals surface area contributed by atoms with Gasteiger partial charge in [0.15, 0.2) is 0 Å². The molecule has 1 amide bonds. The Labute approximate surface area is 158 Å². The zero-order chi connectivity index (χ0) is 19.6. The van der Waals surface area contributed by atoms with E-state index in [-0.39, 0.29) is 6.42 Å². The maximum Gasteiger partial charge on any atom is 0.457 e. The first-order valence-corrected chi connectivity index (χ1v) is 8.30. The Morgan fingerprint density at radius 2 is 2.04 bits per heavy atom. The van der Waals surface area contributed by atoms with E-state index >= 15 is 0 Å². The van der Waals surface area contributed by atoms with Crippen molar-refractivity contribution in [3.8, 4) is 5.75 Å². The van der Waals surface area contributed by atoms with Crippen LogP contribution in [0.1, 0.15) is 33.9 Å². The van der Waals surface area contributed by atoms with E-state index in [9.17, 15) is 18.0 Å². The molecule has 3 rings (SSSR count). The molecule has 1 atom stereocenters. The standard InChI is InChI=1S/C18H15ClF3N3O2/c1-27-12-5-6-13-14(8-12)15(23-18(20,21)22)9-16(13)24-25-17(26)10-3-2-4-11(19)7-10/h2-8,15,23H,9H2,1H3,(H,25,26)/b24-16-. The van der Waals surface area contributed by atoms with Crippen LogP contribution in [0, 0.1) is 0 Å². The van der Waals surface area contributed by atoms with E-state index in [1.807, 2.05) is 0 Å². The Kier molecular flexibility index (Phi) is 5.38. The van der Waals surface area contributed by atoms with Gasteiger partial charge in [-0.3, -0.25) is 4.79 Å². The number of carbonyl (C=O) groups excluding carboxylic acids is 1. The third kappa shape index (κ3) is 4.58. The Hall–Kier alpha value is -2.58. The zero-order valence-electron chi connectivity index (χ0n) is 14.1.